The molecule has 0 radical (unpaired) electrons. The number of ether oxygens (including phenoxy) is 1. The van der Waals surface area contributed by atoms with E-state index in [0.717, 1.165) is 5.56 Å². The lowest BCUT2D eigenvalue weighted by Crippen LogP contribution is -2.08. The molecule has 0 heterocycles. The highest BCUT2D eigenvalue weighted by Gasteiger charge is 2.16. The number of rotatable bonds is 6. The SMILES string of the molecule is COC(=O)CSC(CC(C)=O)c1ccccc1. The van der Waals surface area contributed by atoms with Gasteiger partial charge in [-0.05, 0) is 12.5 Å². The molecule has 0 aliphatic carbocycles. The molecule has 3 nitrogen and oxygen atoms in total. The van der Waals surface area contributed by atoms with Gasteiger partial charge >= 0.3 is 5.97 Å². The second kappa shape index (κ2) is 7.12. The van der Waals surface area contributed by atoms with Crippen molar-refractivity contribution in [2.45, 2.75) is 18.6 Å². The lowest BCUT2D eigenvalue weighted by atomic mass is 10.1. The van der Waals surface area contributed by atoms with Crippen LogP contribution in [0.4, 0.5) is 0 Å². The van der Waals surface area contributed by atoms with E-state index in [1.165, 1.54) is 18.9 Å². The summed E-state index contributed by atoms with van der Waals surface area (Å²) in [5.74, 6) is 0.124. The highest BCUT2D eigenvalue weighted by atomic mass is 32.2. The van der Waals surface area contributed by atoms with Crippen LogP contribution in [0.15, 0.2) is 30.3 Å². The van der Waals surface area contributed by atoms with Gasteiger partial charge in [-0.15, -0.1) is 11.8 Å². The van der Waals surface area contributed by atoms with Gasteiger partial charge in [-0.25, -0.2) is 0 Å². The molecule has 4 heteroatoms. The first-order valence-electron chi connectivity index (χ1n) is 5.36. The Morgan fingerprint density at radius 3 is 2.47 bits per heavy atom. The van der Waals surface area contributed by atoms with Crippen LogP contribution in [0, 0.1) is 0 Å². The zero-order valence-electron chi connectivity index (χ0n) is 10.0. The van der Waals surface area contributed by atoms with E-state index in [4.69, 9.17) is 0 Å². The monoisotopic (exact) mass is 252 g/mol. The van der Waals surface area contributed by atoms with Crippen LogP contribution >= 0.6 is 11.8 Å². The maximum absolute atomic E-state index is 11.2. The molecule has 92 valence electrons. The third-order valence-electron chi connectivity index (χ3n) is 2.27. The number of Topliss-reactive ketones (excluding diaryl/α,β-unsaturated/α-hetero) is 1. The van der Waals surface area contributed by atoms with Crippen LogP contribution in [0.1, 0.15) is 24.2 Å². The fourth-order valence-corrected chi connectivity index (χ4v) is 2.59. The minimum atomic E-state index is -0.264. The Bertz CT molecular complexity index is 376. The van der Waals surface area contributed by atoms with Gasteiger partial charge < -0.3 is 4.74 Å². The molecule has 0 saturated heterocycles. The Hall–Kier alpha value is -1.29. The van der Waals surface area contributed by atoms with Crippen molar-refractivity contribution in [1.29, 1.82) is 0 Å². The third-order valence-corrected chi connectivity index (χ3v) is 3.52. The molecular formula is C13H16O3S. The van der Waals surface area contributed by atoms with Gasteiger partial charge in [0.25, 0.3) is 0 Å². The minimum absolute atomic E-state index is 0.0211. The summed E-state index contributed by atoms with van der Waals surface area (Å²) < 4.78 is 4.60. The van der Waals surface area contributed by atoms with Crippen LogP contribution in [0.5, 0.6) is 0 Å². The van der Waals surface area contributed by atoms with Gasteiger partial charge in [-0.3, -0.25) is 9.59 Å². The number of carbonyl (C=O) groups excluding carboxylic acids is 2. The summed E-state index contributed by atoms with van der Waals surface area (Å²) in [6, 6.07) is 9.73. The van der Waals surface area contributed by atoms with Crippen LogP contribution < -0.4 is 0 Å². The van der Waals surface area contributed by atoms with Gasteiger partial charge in [0.15, 0.2) is 0 Å². The molecule has 1 aromatic carbocycles. The topological polar surface area (TPSA) is 43.4 Å². The fraction of sp³-hybridized carbons (Fsp3) is 0.385. The normalized spacial score (nSPS) is 11.9. The Morgan fingerprint density at radius 2 is 1.94 bits per heavy atom. The molecule has 1 rings (SSSR count). The van der Waals surface area contributed by atoms with E-state index in [-0.39, 0.29) is 22.8 Å². The van der Waals surface area contributed by atoms with Crippen LogP contribution in [0.3, 0.4) is 0 Å². The summed E-state index contributed by atoms with van der Waals surface area (Å²) in [6.45, 7) is 1.56. The molecule has 1 unspecified atom stereocenters. The molecule has 0 fully saturated rings. The Labute approximate surface area is 106 Å². The van der Waals surface area contributed by atoms with Gasteiger partial charge in [0.05, 0.1) is 12.9 Å². The van der Waals surface area contributed by atoms with Gasteiger partial charge in [-0.2, -0.15) is 0 Å². The molecule has 0 aliphatic rings. The summed E-state index contributed by atoms with van der Waals surface area (Å²) in [6.07, 6.45) is 0.436. The summed E-state index contributed by atoms with van der Waals surface area (Å²) in [5.41, 5.74) is 1.07. The predicted molar refractivity (Wildman–Crippen MR) is 69.0 cm³/mol. The van der Waals surface area contributed by atoms with E-state index in [1.807, 2.05) is 30.3 Å². The van der Waals surface area contributed by atoms with Gasteiger partial charge in [0.1, 0.15) is 5.78 Å². The number of hydrogen-bond acceptors (Lipinski definition) is 4. The summed E-state index contributed by atoms with van der Waals surface area (Å²) >= 11 is 1.44. The van der Waals surface area contributed by atoms with E-state index >= 15 is 0 Å². The van der Waals surface area contributed by atoms with Crippen molar-refractivity contribution in [3.8, 4) is 0 Å². The van der Waals surface area contributed by atoms with Crippen molar-refractivity contribution in [2.24, 2.45) is 0 Å². The first-order chi connectivity index (χ1) is 8.13. The molecule has 0 aliphatic heterocycles. The number of carbonyl (C=O) groups is 2. The van der Waals surface area contributed by atoms with Crippen molar-refractivity contribution in [2.75, 3.05) is 12.9 Å². The molecular weight excluding hydrogens is 236 g/mol. The number of hydrogen-bond donors (Lipinski definition) is 0. The van der Waals surface area contributed by atoms with Crippen LogP contribution in [0.25, 0.3) is 0 Å². The van der Waals surface area contributed by atoms with Crippen molar-refractivity contribution < 1.29 is 14.3 Å². The standard InChI is InChI=1S/C13H16O3S/c1-10(14)8-12(17-9-13(15)16-2)11-6-4-3-5-7-11/h3-7,12H,8-9H2,1-2H3. The number of thioether (sulfide) groups is 1. The van der Waals surface area contributed by atoms with E-state index in [9.17, 15) is 9.59 Å². The quantitative estimate of drug-likeness (QED) is 0.730. The zero-order chi connectivity index (χ0) is 12.7. The first-order valence-corrected chi connectivity index (χ1v) is 6.41. The predicted octanol–water partition coefficient (Wildman–Crippen LogP) is 2.61. The van der Waals surface area contributed by atoms with Crippen molar-refractivity contribution in [3.63, 3.8) is 0 Å². The zero-order valence-corrected chi connectivity index (χ0v) is 10.8. The van der Waals surface area contributed by atoms with Gasteiger partial charge in [-0.1, -0.05) is 30.3 Å². The second-order valence-electron chi connectivity index (χ2n) is 3.69. The Kier molecular flexibility index (Phi) is 5.77. The van der Waals surface area contributed by atoms with Crippen LogP contribution in [0.2, 0.25) is 0 Å². The highest BCUT2D eigenvalue weighted by molar-refractivity contribution is 8.00. The Morgan fingerprint density at radius 1 is 1.29 bits per heavy atom. The number of ketones is 1. The molecule has 1 atom stereocenters. The third kappa shape index (κ3) is 5.04. The van der Waals surface area contributed by atoms with E-state index in [1.54, 1.807) is 6.92 Å². The van der Waals surface area contributed by atoms with Gasteiger partial charge in [0.2, 0.25) is 0 Å². The van der Waals surface area contributed by atoms with E-state index in [0.29, 0.717) is 6.42 Å². The molecule has 0 saturated carbocycles. The smallest absolute Gasteiger partial charge is 0.315 e. The maximum Gasteiger partial charge on any atom is 0.315 e. The highest BCUT2D eigenvalue weighted by Crippen LogP contribution is 2.32. The Balaban J connectivity index is 2.67. The molecule has 1 aromatic rings. The molecule has 17 heavy (non-hydrogen) atoms. The first kappa shape index (κ1) is 13.8. The number of methoxy groups -OCH3 is 1. The van der Waals surface area contributed by atoms with Crippen LogP contribution in [-0.4, -0.2) is 24.6 Å². The van der Waals surface area contributed by atoms with Crippen LogP contribution in [-0.2, 0) is 14.3 Å². The number of benzene rings is 1. The summed E-state index contributed by atoms with van der Waals surface area (Å²) in [4.78, 5) is 22.3. The lowest BCUT2D eigenvalue weighted by molar-refractivity contribution is -0.137. The molecule has 0 N–H and O–H groups in total. The largest absolute Gasteiger partial charge is 0.468 e. The maximum atomic E-state index is 11.2. The molecule has 0 spiro atoms. The molecule has 0 bridgehead atoms. The van der Waals surface area contributed by atoms with Crippen molar-refractivity contribution >= 4 is 23.5 Å². The van der Waals surface area contributed by atoms with E-state index in [2.05, 4.69) is 4.74 Å². The van der Waals surface area contributed by atoms with E-state index < -0.39 is 0 Å². The number of esters is 1. The van der Waals surface area contributed by atoms with Crippen molar-refractivity contribution in [3.05, 3.63) is 35.9 Å². The minimum Gasteiger partial charge on any atom is -0.468 e. The average molecular weight is 252 g/mol. The summed E-state index contributed by atoms with van der Waals surface area (Å²) in [7, 11) is 1.37. The summed E-state index contributed by atoms with van der Waals surface area (Å²) in [5, 5.41) is 0.0211. The average Bonchev–Trinajstić information content (AvgIpc) is 2.34. The molecule has 0 amide bonds. The second-order valence-corrected chi connectivity index (χ2v) is 4.88. The fourth-order valence-electron chi connectivity index (χ4n) is 1.43. The van der Waals surface area contributed by atoms with Crippen molar-refractivity contribution in [1.82, 2.24) is 0 Å². The lowest BCUT2D eigenvalue weighted by Gasteiger charge is -2.14. The van der Waals surface area contributed by atoms with Gasteiger partial charge in [0, 0.05) is 11.7 Å². The molecule has 0 aromatic heterocycles.